The van der Waals surface area contributed by atoms with Gasteiger partial charge in [0, 0.05) is 6.20 Å². The van der Waals surface area contributed by atoms with Gasteiger partial charge in [0.2, 0.25) is 0 Å². The molecule has 1 aromatic heterocycles. The Bertz CT molecular complexity index is 1280. The number of carbonyl (C=O) groups excluding carboxylic acids is 2. The van der Waals surface area contributed by atoms with Crippen LogP contribution in [0.3, 0.4) is 0 Å². The molecule has 2 aliphatic rings. The lowest BCUT2D eigenvalue weighted by molar-refractivity contribution is -0.158. The first kappa shape index (κ1) is 21.7. The molecule has 166 valence electrons. The van der Waals surface area contributed by atoms with Gasteiger partial charge in [0.05, 0.1) is 22.9 Å². The van der Waals surface area contributed by atoms with Crippen LogP contribution < -0.4 is 0 Å². The van der Waals surface area contributed by atoms with Gasteiger partial charge in [0.25, 0.3) is 5.91 Å². The van der Waals surface area contributed by atoms with E-state index in [9.17, 15) is 14.9 Å². The minimum atomic E-state index is -1.10. The van der Waals surface area contributed by atoms with E-state index in [4.69, 9.17) is 4.74 Å². The van der Waals surface area contributed by atoms with Crippen molar-refractivity contribution in [3.63, 3.8) is 0 Å². The minimum absolute atomic E-state index is 0.191. The maximum absolute atomic E-state index is 13.5. The van der Waals surface area contributed by atoms with Crippen molar-refractivity contribution in [3.8, 4) is 6.07 Å². The summed E-state index contributed by atoms with van der Waals surface area (Å²) < 4.78 is 5.98. The Balaban J connectivity index is 1.45. The first-order chi connectivity index (χ1) is 16.7. The van der Waals surface area contributed by atoms with Crippen LogP contribution in [-0.2, 0) is 14.3 Å². The summed E-state index contributed by atoms with van der Waals surface area (Å²) in [5.74, 6) is -0.942. The van der Waals surface area contributed by atoms with Gasteiger partial charge in [-0.3, -0.25) is 9.78 Å². The Morgan fingerprint density at radius 1 is 1.03 bits per heavy atom. The third-order valence-electron chi connectivity index (χ3n) is 5.68. The predicted octanol–water partition coefficient (Wildman–Crippen LogP) is 4.49. The number of ether oxygens (including phenoxy) is 1. The molecular formula is C27H19N3O3S. The zero-order valence-corrected chi connectivity index (χ0v) is 18.8. The van der Waals surface area contributed by atoms with E-state index in [2.05, 4.69) is 11.1 Å². The van der Waals surface area contributed by atoms with Crippen LogP contribution in [0.25, 0.3) is 6.08 Å². The number of hydrogen-bond donors (Lipinski definition) is 0. The van der Waals surface area contributed by atoms with Crippen LogP contribution in [0.1, 0.15) is 22.9 Å². The highest BCUT2D eigenvalue weighted by atomic mass is 32.2. The van der Waals surface area contributed by atoms with Crippen LogP contribution in [0.15, 0.2) is 102 Å². The highest BCUT2D eigenvalue weighted by Gasteiger charge is 2.52. The molecule has 2 atom stereocenters. The van der Waals surface area contributed by atoms with Crippen LogP contribution in [0.4, 0.5) is 0 Å². The van der Waals surface area contributed by atoms with Gasteiger partial charge in [-0.1, -0.05) is 66.7 Å². The fraction of sp³-hybridized carbons (Fsp3) is 0.111. The molecule has 1 fully saturated rings. The molecule has 0 aliphatic carbocycles. The van der Waals surface area contributed by atoms with Gasteiger partial charge in [-0.05, 0) is 34.7 Å². The minimum Gasteiger partial charge on any atom is -0.451 e. The predicted molar refractivity (Wildman–Crippen MR) is 129 cm³/mol. The smallest absolute Gasteiger partial charge is 0.335 e. The summed E-state index contributed by atoms with van der Waals surface area (Å²) in [6, 6.07) is 25.2. The lowest BCUT2D eigenvalue weighted by Gasteiger charge is -2.47. The molecule has 0 bridgehead atoms. The third-order valence-corrected chi connectivity index (χ3v) is 6.81. The maximum Gasteiger partial charge on any atom is 0.335 e. The molecule has 2 aromatic carbocycles. The highest BCUT2D eigenvalue weighted by molar-refractivity contribution is 8.03. The van der Waals surface area contributed by atoms with Crippen molar-refractivity contribution in [2.45, 2.75) is 17.5 Å². The summed E-state index contributed by atoms with van der Waals surface area (Å²) in [6.45, 7) is 0. The van der Waals surface area contributed by atoms with Crippen molar-refractivity contribution in [2.75, 3.05) is 0 Å². The van der Waals surface area contributed by atoms with E-state index in [1.807, 2.05) is 72.8 Å². The van der Waals surface area contributed by atoms with E-state index in [-0.39, 0.29) is 16.9 Å². The van der Waals surface area contributed by atoms with Crippen LogP contribution in [0, 0.1) is 11.3 Å². The summed E-state index contributed by atoms with van der Waals surface area (Å²) >= 11 is 1.33. The summed E-state index contributed by atoms with van der Waals surface area (Å²) in [6.07, 6.45) is 2.71. The van der Waals surface area contributed by atoms with Crippen molar-refractivity contribution in [2.24, 2.45) is 0 Å². The monoisotopic (exact) mass is 465 g/mol. The average molecular weight is 466 g/mol. The fourth-order valence-corrected chi connectivity index (χ4v) is 5.16. The molecule has 3 aromatic rings. The first-order valence-corrected chi connectivity index (χ1v) is 11.6. The van der Waals surface area contributed by atoms with E-state index in [1.165, 1.54) is 16.7 Å². The van der Waals surface area contributed by atoms with E-state index in [1.54, 1.807) is 23.7 Å². The van der Waals surface area contributed by atoms with E-state index >= 15 is 0 Å². The van der Waals surface area contributed by atoms with E-state index < -0.39 is 18.1 Å². The zero-order chi connectivity index (χ0) is 23.5. The normalized spacial score (nSPS) is 20.2. The summed E-state index contributed by atoms with van der Waals surface area (Å²) in [4.78, 5) is 32.2. The molecule has 0 saturated carbocycles. The standard InChI is InChI=1S/C27H19N3O3S/c28-16-20-17-34-26-22(15-21-13-7-8-14-29-21)25(31)30(26)23(20)27(32)33-24(18-9-3-1-4-10-18)19-11-5-2-6-12-19/h1-15,17,23-24,26H/b22-15-/t23-,26-/m1/s1. The van der Waals surface area contributed by atoms with Gasteiger partial charge in [0.15, 0.2) is 12.1 Å². The number of nitrogens with zero attached hydrogens (tertiary/aromatic N) is 3. The lowest BCUT2D eigenvalue weighted by atomic mass is 9.96. The molecule has 34 heavy (non-hydrogen) atoms. The van der Waals surface area contributed by atoms with Gasteiger partial charge >= 0.3 is 5.97 Å². The van der Waals surface area contributed by atoms with Crippen LogP contribution in [0.5, 0.6) is 0 Å². The Morgan fingerprint density at radius 3 is 2.26 bits per heavy atom. The molecule has 3 heterocycles. The number of amides is 1. The number of β-lactam (4-membered cyclic amide) rings is 1. The lowest BCUT2D eigenvalue weighted by Crippen LogP contribution is -2.62. The van der Waals surface area contributed by atoms with Crippen LogP contribution >= 0.6 is 11.8 Å². The van der Waals surface area contributed by atoms with Crippen molar-refractivity contribution in [1.82, 2.24) is 9.88 Å². The van der Waals surface area contributed by atoms with Crippen molar-refractivity contribution >= 4 is 29.7 Å². The van der Waals surface area contributed by atoms with Crippen LogP contribution in [-0.4, -0.2) is 33.2 Å². The molecular weight excluding hydrogens is 446 g/mol. The number of carbonyl (C=O) groups is 2. The molecule has 0 spiro atoms. The Hall–Kier alpha value is -4.15. The van der Waals surface area contributed by atoms with E-state index in [0.717, 1.165) is 11.1 Å². The summed E-state index contributed by atoms with van der Waals surface area (Å²) in [5.41, 5.74) is 3.00. The molecule has 0 N–H and O–H groups in total. The van der Waals surface area contributed by atoms with Crippen LogP contribution in [0.2, 0.25) is 0 Å². The topological polar surface area (TPSA) is 83.3 Å². The SMILES string of the molecule is N#CC1=CS[C@@H]2/C(=C\c3ccccn3)C(=O)N2[C@H]1C(=O)OC(c1ccccc1)c1ccccc1. The molecule has 1 amide bonds. The Kier molecular flexibility index (Phi) is 5.98. The number of benzene rings is 2. The summed E-state index contributed by atoms with van der Waals surface area (Å²) in [5, 5.41) is 11.0. The zero-order valence-electron chi connectivity index (χ0n) is 17.9. The summed E-state index contributed by atoms with van der Waals surface area (Å²) in [7, 11) is 0. The maximum atomic E-state index is 13.5. The Labute approximate surface area is 201 Å². The quantitative estimate of drug-likeness (QED) is 0.314. The van der Waals surface area contributed by atoms with Crippen molar-refractivity contribution < 1.29 is 14.3 Å². The molecule has 0 unspecified atom stereocenters. The van der Waals surface area contributed by atoms with Gasteiger partial charge in [-0.15, -0.1) is 11.8 Å². The van der Waals surface area contributed by atoms with Gasteiger partial charge in [-0.2, -0.15) is 5.26 Å². The number of hydrogen-bond acceptors (Lipinski definition) is 6. The second-order valence-corrected chi connectivity index (χ2v) is 8.74. The third kappa shape index (κ3) is 4.00. The van der Waals surface area contributed by atoms with E-state index in [0.29, 0.717) is 11.3 Å². The number of esters is 1. The fourth-order valence-electron chi connectivity index (χ4n) is 4.03. The molecule has 5 rings (SSSR count). The number of nitriles is 1. The number of fused-ring (bicyclic) bond motifs is 1. The molecule has 0 radical (unpaired) electrons. The Morgan fingerprint density at radius 2 is 1.68 bits per heavy atom. The average Bonchev–Trinajstić information content (AvgIpc) is 2.90. The first-order valence-electron chi connectivity index (χ1n) is 10.7. The largest absolute Gasteiger partial charge is 0.451 e. The van der Waals surface area contributed by atoms with Gasteiger partial charge in [-0.25, -0.2) is 4.79 Å². The van der Waals surface area contributed by atoms with Crippen molar-refractivity contribution in [1.29, 1.82) is 5.26 Å². The number of aromatic nitrogens is 1. The number of pyridine rings is 1. The van der Waals surface area contributed by atoms with Gasteiger partial charge in [0.1, 0.15) is 5.37 Å². The number of rotatable bonds is 5. The van der Waals surface area contributed by atoms with Gasteiger partial charge < -0.3 is 9.64 Å². The molecule has 2 aliphatic heterocycles. The molecule has 7 heteroatoms. The molecule has 1 saturated heterocycles. The second-order valence-electron chi connectivity index (χ2n) is 7.78. The molecule has 6 nitrogen and oxygen atoms in total. The number of thioether (sulfide) groups is 1. The second kappa shape index (κ2) is 9.38. The van der Waals surface area contributed by atoms with Crippen molar-refractivity contribution in [3.05, 3.63) is 118 Å². The highest BCUT2D eigenvalue weighted by Crippen LogP contribution is 2.44.